The molecule has 2 fully saturated rings. The molecule has 5 rings (SSSR count). The van der Waals surface area contributed by atoms with Gasteiger partial charge in [-0.2, -0.15) is 15.0 Å². The fourth-order valence-corrected chi connectivity index (χ4v) is 5.94. The molecule has 1 saturated carbocycles. The van der Waals surface area contributed by atoms with Crippen LogP contribution in [0.4, 0.5) is 0 Å². The normalized spacial score (nSPS) is 20.1. The van der Waals surface area contributed by atoms with Gasteiger partial charge in [0.1, 0.15) is 0 Å². The molecule has 2 aliphatic rings. The quantitative estimate of drug-likeness (QED) is 0.417. The van der Waals surface area contributed by atoms with Gasteiger partial charge < -0.3 is 4.90 Å². The van der Waals surface area contributed by atoms with Gasteiger partial charge in [0.25, 0.3) is 0 Å². The van der Waals surface area contributed by atoms with Gasteiger partial charge in [-0.05, 0) is 50.8 Å². The molecule has 1 amide bonds. The van der Waals surface area contributed by atoms with Crippen molar-refractivity contribution in [2.24, 2.45) is 0 Å². The van der Waals surface area contributed by atoms with Gasteiger partial charge in [0.05, 0.1) is 28.1 Å². The van der Waals surface area contributed by atoms with E-state index >= 15 is 0 Å². The lowest BCUT2D eigenvalue weighted by Crippen LogP contribution is -2.29. The maximum absolute atomic E-state index is 13.4. The summed E-state index contributed by atoms with van der Waals surface area (Å²) in [5.41, 5.74) is 4.10. The van der Waals surface area contributed by atoms with Crippen LogP contribution in [-0.2, 0) is 21.1 Å². The van der Waals surface area contributed by atoms with Crippen LogP contribution in [0.15, 0.2) is 53.6 Å². The Morgan fingerprint density at radius 3 is 2.32 bits per heavy atom. The topological polar surface area (TPSA) is 98.1 Å². The fourth-order valence-electron chi connectivity index (χ4n) is 5.11. The standard InChI is InChI=1S/C28H35N5O3S/c1-4-37(35,36)23-14-12-22(29-16-23)13-15-26(34)32-17-24(20-8-6-5-7-9-20)25(18-32)28-27(21-10-11-21)30-33(31-28)19(2)3/h5-9,12,14,16,19,21,24-25H,4,10-11,13,15,17-18H2,1-3H3. The van der Waals surface area contributed by atoms with Crippen LogP contribution >= 0.6 is 0 Å². The average molecular weight is 522 g/mol. The molecule has 8 nitrogen and oxygen atoms in total. The Balaban J connectivity index is 1.34. The maximum atomic E-state index is 13.4. The van der Waals surface area contributed by atoms with Crippen LogP contribution in [-0.4, -0.2) is 58.0 Å². The molecule has 37 heavy (non-hydrogen) atoms. The van der Waals surface area contributed by atoms with Gasteiger partial charge in [0.15, 0.2) is 9.84 Å². The molecule has 3 aromatic rings. The van der Waals surface area contributed by atoms with Gasteiger partial charge in [-0.15, -0.1) is 0 Å². The highest BCUT2D eigenvalue weighted by Gasteiger charge is 2.42. The number of sulfone groups is 1. The van der Waals surface area contributed by atoms with Crippen molar-refractivity contribution in [1.29, 1.82) is 0 Å². The Kier molecular flexibility index (Phi) is 7.16. The third-order valence-electron chi connectivity index (χ3n) is 7.49. The second-order valence-corrected chi connectivity index (χ2v) is 12.7. The molecule has 2 atom stereocenters. The second kappa shape index (κ2) is 10.4. The fraction of sp³-hybridized carbons (Fsp3) is 0.500. The molecule has 0 radical (unpaired) electrons. The lowest BCUT2D eigenvalue weighted by atomic mass is 9.85. The van der Waals surface area contributed by atoms with E-state index in [1.54, 1.807) is 19.1 Å². The molecule has 2 aromatic heterocycles. The number of likely N-dealkylation sites (tertiary alicyclic amines) is 1. The van der Waals surface area contributed by atoms with Crippen LogP contribution in [0.2, 0.25) is 0 Å². The number of aromatic nitrogens is 4. The first-order valence-electron chi connectivity index (χ1n) is 13.2. The predicted molar refractivity (Wildman–Crippen MR) is 141 cm³/mol. The van der Waals surface area contributed by atoms with Crippen molar-refractivity contribution in [1.82, 2.24) is 24.9 Å². The van der Waals surface area contributed by atoms with Crippen LogP contribution < -0.4 is 0 Å². The minimum absolute atomic E-state index is 0.0403. The predicted octanol–water partition coefficient (Wildman–Crippen LogP) is 4.27. The van der Waals surface area contributed by atoms with E-state index in [1.165, 1.54) is 11.8 Å². The average Bonchev–Trinajstić information content (AvgIpc) is 3.49. The Morgan fingerprint density at radius 1 is 1.00 bits per heavy atom. The number of aryl methyl sites for hydroxylation is 1. The van der Waals surface area contributed by atoms with Gasteiger partial charge in [-0.3, -0.25) is 9.78 Å². The molecule has 3 heterocycles. The zero-order chi connectivity index (χ0) is 26.2. The number of hydrogen-bond acceptors (Lipinski definition) is 6. The molecule has 196 valence electrons. The maximum Gasteiger partial charge on any atom is 0.222 e. The summed E-state index contributed by atoms with van der Waals surface area (Å²) in [7, 11) is -3.28. The number of pyridine rings is 1. The van der Waals surface area contributed by atoms with Gasteiger partial charge in [-0.25, -0.2) is 8.42 Å². The SMILES string of the molecule is CCS(=O)(=O)c1ccc(CCC(=O)N2CC(c3ccccc3)C(c3nn(C(C)C)nc3C3CC3)C2)nc1. The molecule has 1 aromatic carbocycles. The van der Waals surface area contributed by atoms with E-state index < -0.39 is 9.84 Å². The van der Waals surface area contributed by atoms with Crippen molar-refractivity contribution in [2.45, 2.75) is 75.1 Å². The molecule has 0 bridgehead atoms. The first-order chi connectivity index (χ1) is 17.8. The second-order valence-electron chi connectivity index (χ2n) is 10.5. The van der Waals surface area contributed by atoms with Gasteiger partial charge in [0.2, 0.25) is 5.91 Å². The number of amides is 1. The molecular formula is C28H35N5O3S. The number of hydrogen-bond donors (Lipinski definition) is 0. The Bertz CT molecular complexity index is 1350. The first kappa shape index (κ1) is 25.6. The molecule has 0 spiro atoms. The minimum Gasteiger partial charge on any atom is -0.341 e. The first-order valence-corrected chi connectivity index (χ1v) is 14.9. The number of rotatable bonds is 9. The van der Waals surface area contributed by atoms with Crippen LogP contribution in [0.1, 0.15) is 86.5 Å². The summed E-state index contributed by atoms with van der Waals surface area (Å²) >= 11 is 0. The van der Waals surface area contributed by atoms with Crippen LogP contribution in [0.3, 0.4) is 0 Å². The summed E-state index contributed by atoms with van der Waals surface area (Å²) in [6, 6.07) is 13.9. The highest BCUT2D eigenvalue weighted by Crippen LogP contribution is 2.46. The van der Waals surface area contributed by atoms with Crippen molar-refractivity contribution in [3.63, 3.8) is 0 Å². The smallest absolute Gasteiger partial charge is 0.222 e. The van der Waals surface area contributed by atoms with Crippen LogP contribution in [0.25, 0.3) is 0 Å². The van der Waals surface area contributed by atoms with Gasteiger partial charge >= 0.3 is 0 Å². The van der Waals surface area contributed by atoms with E-state index in [2.05, 4.69) is 43.1 Å². The largest absolute Gasteiger partial charge is 0.341 e. The van der Waals surface area contributed by atoms with E-state index in [0.717, 1.165) is 29.9 Å². The summed E-state index contributed by atoms with van der Waals surface area (Å²) < 4.78 is 24.1. The molecule has 9 heteroatoms. The van der Waals surface area contributed by atoms with Gasteiger partial charge in [-0.1, -0.05) is 37.3 Å². The van der Waals surface area contributed by atoms with Crippen molar-refractivity contribution >= 4 is 15.7 Å². The third kappa shape index (κ3) is 5.46. The molecule has 1 aliphatic heterocycles. The summed E-state index contributed by atoms with van der Waals surface area (Å²) in [5, 5.41) is 9.83. The summed E-state index contributed by atoms with van der Waals surface area (Å²) in [6.07, 6.45) is 4.50. The van der Waals surface area contributed by atoms with Crippen molar-refractivity contribution in [3.8, 4) is 0 Å². The number of nitrogens with zero attached hydrogens (tertiary/aromatic N) is 5. The molecule has 1 saturated heterocycles. The highest BCUT2D eigenvalue weighted by atomic mass is 32.2. The highest BCUT2D eigenvalue weighted by molar-refractivity contribution is 7.91. The van der Waals surface area contributed by atoms with E-state index in [1.807, 2.05) is 15.8 Å². The van der Waals surface area contributed by atoms with E-state index in [9.17, 15) is 13.2 Å². The summed E-state index contributed by atoms with van der Waals surface area (Å²) in [5.74, 6) is 0.871. The molecule has 1 aliphatic carbocycles. The molecule has 0 N–H and O–H groups in total. The summed E-state index contributed by atoms with van der Waals surface area (Å²) in [6.45, 7) is 7.07. The summed E-state index contributed by atoms with van der Waals surface area (Å²) in [4.78, 5) is 21.7. The number of carbonyl (C=O) groups is 1. The third-order valence-corrected chi connectivity index (χ3v) is 9.21. The van der Waals surface area contributed by atoms with E-state index in [-0.39, 0.29) is 34.4 Å². The van der Waals surface area contributed by atoms with E-state index in [0.29, 0.717) is 31.8 Å². The zero-order valence-electron chi connectivity index (χ0n) is 21.7. The Labute approximate surface area is 219 Å². The minimum atomic E-state index is -3.28. The van der Waals surface area contributed by atoms with Crippen molar-refractivity contribution < 1.29 is 13.2 Å². The number of carbonyl (C=O) groups excluding carboxylic acids is 1. The van der Waals surface area contributed by atoms with Crippen molar-refractivity contribution in [3.05, 3.63) is 71.3 Å². The Hall–Kier alpha value is -3.07. The van der Waals surface area contributed by atoms with Crippen LogP contribution in [0.5, 0.6) is 0 Å². The molecular weight excluding hydrogens is 486 g/mol. The van der Waals surface area contributed by atoms with E-state index in [4.69, 9.17) is 10.2 Å². The Morgan fingerprint density at radius 2 is 1.70 bits per heavy atom. The van der Waals surface area contributed by atoms with Gasteiger partial charge in [0, 0.05) is 49.2 Å². The zero-order valence-corrected chi connectivity index (χ0v) is 22.6. The van der Waals surface area contributed by atoms with Crippen LogP contribution in [0, 0.1) is 0 Å². The lowest BCUT2D eigenvalue weighted by Gasteiger charge is -2.17. The monoisotopic (exact) mass is 521 g/mol. The molecule has 2 unspecified atom stereocenters. The lowest BCUT2D eigenvalue weighted by molar-refractivity contribution is -0.130. The van der Waals surface area contributed by atoms with Crippen molar-refractivity contribution in [2.75, 3.05) is 18.8 Å². The number of benzene rings is 1.